The minimum atomic E-state index is 0.0404. The second-order valence-corrected chi connectivity index (χ2v) is 5.09. The molecule has 0 spiro atoms. The highest BCUT2D eigenvalue weighted by Gasteiger charge is 2.12. The number of carbonyl (C=O) groups excluding carboxylic acids is 1. The summed E-state index contributed by atoms with van der Waals surface area (Å²) in [7, 11) is 0. The largest absolute Gasteiger partial charge is 0.491 e. The molecule has 21 heavy (non-hydrogen) atoms. The molecule has 0 aliphatic rings. The molecule has 0 radical (unpaired) electrons. The standard InChI is InChI=1S/C18H23NO2/c1-4-19(5-2)12-13-21-18-16(14(3)20)11-10-15-8-6-7-9-17(15)18/h6-11H,4-5,12-13H2,1-3H3. The van der Waals surface area contributed by atoms with Crippen LogP contribution in [0.4, 0.5) is 0 Å². The maximum Gasteiger partial charge on any atom is 0.163 e. The average Bonchev–Trinajstić information content (AvgIpc) is 2.51. The molecule has 0 aromatic heterocycles. The van der Waals surface area contributed by atoms with Crippen LogP contribution in [0, 0.1) is 0 Å². The van der Waals surface area contributed by atoms with Gasteiger partial charge in [-0.25, -0.2) is 0 Å². The van der Waals surface area contributed by atoms with E-state index in [1.807, 2.05) is 36.4 Å². The van der Waals surface area contributed by atoms with Crippen molar-refractivity contribution < 1.29 is 9.53 Å². The van der Waals surface area contributed by atoms with Crippen LogP contribution in [0.5, 0.6) is 5.75 Å². The Bertz CT molecular complexity index is 618. The van der Waals surface area contributed by atoms with Crippen molar-refractivity contribution in [3.63, 3.8) is 0 Å². The third kappa shape index (κ3) is 3.61. The Morgan fingerprint density at radius 1 is 1.10 bits per heavy atom. The van der Waals surface area contributed by atoms with Crippen LogP contribution in [0.25, 0.3) is 10.8 Å². The number of hydrogen-bond acceptors (Lipinski definition) is 3. The number of carbonyl (C=O) groups is 1. The van der Waals surface area contributed by atoms with Gasteiger partial charge in [0.05, 0.1) is 5.56 Å². The van der Waals surface area contributed by atoms with Gasteiger partial charge < -0.3 is 9.64 Å². The van der Waals surface area contributed by atoms with E-state index in [4.69, 9.17) is 4.74 Å². The van der Waals surface area contributed by atoms with Crippen LogP contribution < -0.4 is 4.74 Å². The average molecular weight is 285 g/mol. The first-order chi connectivity index (χ1) is 10.2. The predicted octanol–water partition coefficient (Wildman–Crippen LogP) is 3.76. The van der Waals surface area contributed by atoms with Gasteiger partial charge in [0.15, 0.2) is 5.78 Å². The Morgan fingerprint density at radius 3 is 2.48 bits per heavy atom. The molecule has 0 aliphatic heterocycles. The van der Waals surface area contributed by atoms with Crippen molar-refractivity contribution in [2.75, 3.05) is 26.2 Å². The predicted molar refractivity (Wildman–Crippen MR) is 87.2 cm³/mol. The van der Waals surface area contributed by atoms with Crippen LogP contribution in [-0.4, -0.2) is 36.9 Å². The van der Waals surface area contributed by atoms with E-state index in [-0.39, 0.29) is 5.78 Å². The number of nitrogens with zero attached hydrogens (tertiary/aromatic N) is 1. The van der Waals surface area contributed by atoms with Gasteiger partial charge in [0, 0.05) is 11.9 Å². The Morgan fingerprint density at radius 2 is 1.81 bits per heavy atom. The maximum atomic E-state index is 11.8. The molecule has 0 N–H and O–H groups in total. The van der Waals surface area contributed by atoms with Gasteiger partial charge in [0.2, 0.25) is 0 Å². The number of benzene rings is 2. The smallest absolute Gasteiger partial charge is 0.163 e. The fraction of sp³-hybridized carbons (Fsp3) is 0.389. The number of likely N-dealkylation sites (N-methyl/N-ethyl adjacent to an activating group) is 1. The van der Waals surface area contributed by atoms with E-state index in [0.717, 1.165) is 30.4 Å². The first-order valence-electron chi connectivity index (χ1n) is 7.55. The lowest BCUT2D eigenvalue weighted by Crippen LogP contribution is -2.28. The molecule has 0 bridgehead atoms. The van der Waals surface area contributed by atoms with Gasteiger partial charge in [-0.3, -0.25) is 4.79 Å². The van der Waals surface area contributed by atoms with Crippen molar-refractivity contribution in [1.29, 1.82) is 0 Å². The van der Waals surface area contributed by atoms with E-state index < -0.39 is 0 Å². The summed E-state index contributed by atoms with van der Waals surface area (Å²) in [5, 5.41) is 2.10. The molecule has 2 rings (SSSR count). The molecule has 3 nitrogen and oxygen atoms in total. The van der Waals surface area contributed by atoms with Crippen LogP contribution in [0.3, 0.4) is 0 Å². The van der Waals surface area contributed by atoms with Crippen molar-refractivity contribution in [1.82, 2.24) is 4.90 Å². The second kappa shape index (κ2) is 7.23. The first kappa shape index (κ1) is 15.5. The minimum absolute atomic E-state index is 0.0404. The summed E-state index contributed by atoms with van der Waals surface area (Å²) in [6, 6.07) is 11.9. The summed E-state index contributed by atoms with van der Waals surface area (Å²) in [4.78, 5) is 14.1. The monoisotopic (exact) mass is 285 g/mol. The summed E-state index contributed by atoms with van der Waals surface area (Å²) < 4.78 is 5.98. The van der Waals surface area contributed by atoms with Crippen molar-refractivity contribution in [3.8, 4) is 5.75 Å². The molecule has 0 unspecified atom stereocenters. The molecular weight excluding hydrogens is 262 g/mol. The zero-order valence-corrected chi connectivity index (χ0v) is 13.1. The van der Waals surface area contributed by atoms with Gasteiger partial charge in [0.1, 0.15) is 12.4 Å². The lowest BCUT2D eigenvalue weighted by molar-refractivity contribution is 0.101. The van der Waals surface area contributed by atoms with Crippen LogP contribution in [0.15, 0.2) is 36.4 Å². The Hall–Kier alpha value is -1.87. The second-order valence-electron chi connectivity index (χ2n) is 5.09. The summed E-state index contributed by atoms with van der Waals surface area (Å²) >= 11 is 0. The molecule has 0 saturated heterocycles. The van der Waals surface area contributed by atoms with Crippen molar-refractivity contribution in [2.45, 2.75) is 20.8 Å². The van der Waals surface area contributed by atoms with E-state index in [1.165, 1.54) is 0 Å². The van der Waals surface area contributed by atoms with E-state index >= 15 is 0 Å². The van der Waals surface area contributed by atoms with Crippen LogP contribution in [0.1, 0.15) is 31.1 Å². The molecule has 0 fully saturated rings. The van der Waals surface area contributed by atoms with Gasteiger partial charge in [-0.2, -0.15) is 0 Å². The molecule has 0 amide bonds. The molecule has 0 atom stereocenters. The third-order valence-electron chi connectivity index (χ3n) is 3.81. The highest BCUT2D eigenvalue weighted by Crippen LogP contribution is 2.30. The van der Waals surface area contributed by atoms with Gasteiger partial charge in [-0.05, 0) is 31.5 Å². The Labute approximate surface area is 126 Å². The maximum absolute atomic E-state index is 11.8. The van der Waals surface area contributed by atoms with Crippen LogP contribution in [-0.2, 0) is 0 Å². The quantitative estimate of drug-likeness (QED) is 0.725. The molecule has 2 aromatic carbocycles. The number of fused-ring (bicyclic) bond motifs is 1. The summed E-state index contributed by atoms with van der Waals surface area (Å²) in [5.74, 6) is 0.756. The lowest BCUT2D eigenvalue weighted by Gasteiger charge is -2.19. The first-order valence-corrected chi connectivity index (χ1v) is 7.55. The fourth-order valence-corrected chi connectivity index (χ4v) is 2.49. The summed E-state index contributed by atoms with van der Waals surface area (Å²) in [5.41, 5.74) is 0.660. The highest BCUT2D eigenvalue weighted by molar-refractivity contribution is 6.03. The van der Waals surface area contributed by atoms with Crippen LogP contribution in [0.2, 0.25) is 0 Å². The van der Waals surface area contributed by atoms with Crippen molar-refractivity contribution in [3.05, 3.63) is 42.0 Å². The van der Waals surface area contributed by atoms with Gasteiger partial charge in [-0.1, -0.05) is 44.2 Å². The zero-order chi connectivity index (χ0) is 15.2. The topological polar surface area (TPSA) is 29.5 Å². The molecular formula is C18H23NO2. The molecule has 2 aromatic rings. The number of Topliss-reactive ketones (excluding diaryl/α,β-unsaturated/α-hetero) is 1. The van der Waals surface area contributed by atoms with Gasteiger partial charge >= 0.3 is 0 Å². The molecule has 112 valence electrons. The Balaban J connectivity index is 2.27. The van der Waals surface area contributed by atoms with E-state index in [2.05, 4.69) is 18.7 Å². The van der Waals surface area contributed by atoms with Gasteiger partial charge in [0.25, 0.3) is 0 Å². The molecule has 0 aliphatic carbocycles. The molecule has 0 heterocycles. The fourth-order valence-electron chi connectivity index (χ4n) is 2.49. The minimum Gasteiger partial charge on any atom is -0.491 e. The number of rotatable bonds is 7. The zero-order valence-electron chi connectivity index (χ0n) is 13.1. The summed E-state index contributed by atoms with van der Waals surface area (Å²) in [6.07, 6.45) is 0. The van der Waals surface area contributed by atoms with E-state index in [1.54, 1.807) is 6.92 Å². The Kier molecular flexibility index (Phi) is 5.34. The summed E-state index contributed by atoms with van der Waals surface area (Å²) in [6.45, 7) is 9.35. The van der Waals surface area contributed by atoms with E-state index in [0.29, 0.717) is 17.9 Å². The highest BCUT2D eigenvalue weighted by atomic mass is 16.5. The lowest BCUT2D eigenvalue weighted by atomic mass is 10.0. The number of ether oxygens (including phenoxy) is 1. The normalized spacial score (nSPS) is 11.0. The third-order valence-corrected chi connectivity index (χ3v) is 3.81. The van der Waals surface area contributed by atoms with Crippen molar-refractivity contribution in [2.24, 2.45) is 0 Å². The number of hydrogen-bond donors (Lipinski definition) is 0. The van der Waals surface area contributed by atoms with Gasteiger partial charge in [-0.15, -0.1) is 0 Å². The SMILES string of the molecule is CCN(CC)CCOc1c(C(C)=O)ccc2ccccc12. The molecule has 0 saturated carbocycles. The van der Waals surface area contributed by atoms with E-state index in [9.17, 15) is 4.79 Å². The van der Waals surface area contributed by atoms with Crippen molar-refractivity contribution >= 4 is 16.6 Å². The van der Waals surface area contributed by atoms with Crippen LogP contribution >= 0.6 is 0 Å². The molecule has 3 heteroatoms. The number of ketones is 1.